The Morgan fingerprint density at radius 3 is 2.53 bits per heavy atom. The van der Waals surface area contributed by atoms with E-state index in [0.29, 0.717) is 5.56 Å². The SMILES string of the molecule is COC(=O)c1ccc(-c2ccncc2)c(=O)[nH]1. The van der Waals surface area contributed by atoms with E-state index in [1.54, 1.807) is 30.6 Å². The fourth-order valence-electron chi connectivity index (χ4n) is 1.46. The number of carbonyl (C=O) groups is 1. The third-order valence-corrected chi connectivity index (χ3v) is 2.31. The van der Waals surface area contributed by atoms with Crippen LogP contribution in [0.3, 0.4) is 0 Å². The van der Waals surface area contributed by atoms with Crippen molar-refractivity contribution >= 4 is 5.97 Å². The van der Waals surface area contributed by atoms with Crippen LogP contribution in [0.15, 0.2) is 41.5 Å². The van der Waals surface area contributed by atoms with Crippen molar-refractivity contribution in [2.45, 2.75) is 0 Å². The topological polar surface area (TPSA) is 72.0 Å². The number of esters is 1. The Kier molecular flexibility index (Phi) is 3.00. The zero-order valence-electron chi connectivity index (χ0n) is 9.14. The highest BCUT2D eigenvalue weighted by Gasteiger charge is 2.09. The van der Waals surface area contributed by atoms with Gasteiger partial charge in [-0.1, -0.05) is 0 Å². The van der Waals surface area contributed by atoms with Crippen LogP contribution in [0.1, 0.15) is 10.5 Å². The Labute approximate surface area is 97.1 Å². The van der Waals surface area contributed by atoms with Gasteiger partial charge in [-0.15, -0.1) is 0 Å². The number of carbonyl (C=O) groups excluding carboxylic acids is 1. The molecule has 0 aliphatic carbocycles. The van der Waals surface area contributed by atoms with Gasteiger partial charge in [-0.2, -0.15) is 0 Å². The van der Waals surface area contributed by atoms with Crippen LogP contribution in [0.5, 0.6) is 0 Å². The summed E-state index contributed by atoms with van der Waals surface area (Å²) in [5.74, 6) is -0.566. The molecule has 0 amide bonds. The van der Waals surface area contributed by atoms with Gasteiger partial charge < -0.3 is 9.72 Å². The van der Waals surface area contributed by atoms with Crippen molar-refractivity contribution in [2.75, 3.05) is 7.11 Å². The predicted molar refractivity (Wildman–Crippen MR) is 61.6 cm³/mol. The summed E-state index contributed by atoms with van der Waals surface area (Å²) < 4.78 is 4.52. The normalized spacial score (nSPS) is 9.94. The third-order valence-electron chi connectivity index (χ3n) is 2.31. The molecule has 0 unspecified atom stereocenters. The van der Waals surface area contributed by atoms with E-state index < -0.39 is 5.97 Å². The summed E-state index contributed by atoms with van der Waals surface area (Å²) >= 11 is 0. The number of hydrogen-bond acceptors (Lipinski definition) is 4. The van der Waals surface area contributed by atoms with E-state index >= 15 is 0 Å². The molecule has 0 fully saturated rings. The summed E-state index contributed by atoms with van der Waals surface area (Å²) in [5.41, 5.74) is 1.03. The number of hydrogen-bond donors (Lipinski definition) is 1. The number of pyridine rings is 2. The van der Waals surface area contributed by atoms with Gasteiger partial charge in [0.15, 0.2) is 0 Å². The molecule has 0 aliphatic heterocycles. The summed E-state index contributed by atoms with van der Waals surface area (Å²) in [4.78, 5) is 29.3. The van der Waals surface area contributed by atoms with Gasteiger partial charge in [0.2, 0.25) is 0 Å². The van der Waals surface area contributed by atoms with Gasteiger partial charge >= 0.3 is 5.97 Å². The summed E-state index contributed by atoms with van der Waals surface area (Å²) in [6.45, 7) is 0. The van der Waals surface area contributed by atoms with E-state index in [1.165, 1.54) is 13.2 Å². The molecule has 2 aromatic heterocycles. The lowest BCUT2D eigenvalue weighted by Crippen LogP contribution is -2.15. The van der Waals surface area contributed by atoms with Crippen LogP contribution in [-0.2, 0) is 4.74 Å². The molecule has 0 bridgehead atoms. The summed E-state index contributed by atoms with van der Waals surface area (Å²) in [7, 11) is 1.26. The van der Waals surface area contributed by atoms with Gasteiger partial charge in [0.25, 0.3) is 5.56 Å². The van der Waals surface area contributed by atoms with Crippen molar-refractivity contribution in [3.05, 3.63) is 52.7 Å². The molecule has 0 atom stereocenters. The molecule has 2 heterocycles. The van der Waals surface area contributed by atoms with Crippen molar-refractivity contribution in [3.63, 3.8) is 0 Å². The Morgan fingerprint density at radius 2 is 1.94 bits per heavy atom. The number of ether oxygens (including phenoxy) is 1. The lowest BCUT2D eigenvalue weighted by atomic mass is 10.1. The van der Waals surface area contributed by atoms with Crippen LogP contribution in [0.2, 0.25) is 0 Å². The van der Waals surface area contributed by atoms with Crippen molar-refractivity contribution in [1.82, 2.24) is 9.97 Å². The lowest BCUT2D eigenvalue weighted by Gasteiger charge is -2.02. The minimum absolute atomic E-state index is 0.135. The molecule has 0 spiro atoms. The average Bonchev–Trinajstić information content (AvgIpc) is 2.38. The molecule has 2 rings (SSSR count). The average molecular weight is 230 g/mol. The van der Waals surface area contributed by atoms with Crippen molar-refractivity contribution < 1.29 is 9.53 Å². The highest BCUT2D eigenvalue weighted by atomic mass is 16.5. The second kappa shape index (κ2) is 4.61. The Hall–Kier alpha value is -2.43. The van der Waals surface area contributed by atoms with Crippen molar-refractivity contribution in [2.24, 2.45) is 0 Å². The van der Waals surface area contributed by atoms with Gasteiger partial charge in [-0.3, -0.25) is 9.78 Å². The van der Waals surface area contributed by atoms with Crippen molar-refractivity contribution in [3.8, 4) is 11.1 Å². The predicted octanol–water partition coefficient (Wildman–Crippen LogP) is 1.22. The number of H-pyrrole nitrogens is 1. The van der Waals surface area contributed by atoms with E-state index in [0.717, 1.165) is 5.56 Å². The molecular formula is C12H10N2O3. The molecule has 17 heavy (non-hydrogen) atoms. The fraction of sp³-hybridized carbons (Fsp3) is 0.0833. The van der Waals surface area contributed by atoms with E-state index in [9.17, 15) is 9.59 Å². The molecule has 1 N–H and O–H groups in total. The summed E-state index contributed by atoms with van der Waals surface area (Å²) in [6.07, 6.45) is 3.20. The molecule has 5 heteroatoms. The van der Waals surface area contributed by atoms with Crippen LogP contribution in [0.4, 0.5) is 0 Å². The van der Waals surface area contributed by atoms with Crippen LogP contribution in [-0.4, -0.2) is 23.0 Å². The second-order valence-corrected chi connectivity index (χ2v) is 3.34. The fourth-order valence-corrected chi connectivity index (χ4v) is 1.46. The first-order chi connectivity index (χ1) is 8.22. The molecule has 0 radical (unpaired) electrons. The number of rotatable bonds is 2. The second-order valence-electron chi connectivity index (χ2n) is 3.34. The third kappa shape index (κ3) is 2.23. The number of aromatic nitrogens is 2. The van der Waals surface area contributed by atoms with Crippen LogP contribution < -0.4 is 5.56 Å². The van der Waals surface area contributed by atoms with E-state index in [-0.39, 0.29) is 11.3 Å². The summed E-state index contributed by atoms with van der Waals surface area (Å²) in [6, 6.07) is 6.55. The molecule has 0 aliphatic rings. The Morgan fingerprint density at radius 1 is 1.24 bits per heavy atom. The number of aromatic amines is 1. The summed E-state index contributed by atoms with van der Waals surface area (Å²) in [5, 5.41) is 0. The maximum atomic E-state index is 11.8. The van der Waals surface area contributed by atoms with E-state index in [4.69, 9.17) is 0 Å². The van der Waals surface area contributed by atoms with Gasteiger partial charge in [-0.05, 0) is 29.8 Å². The van der Waals surface area contributed by atoms with Crippen LogP contribution in [0.25, 0.3) is 11.1 Å². The monoisotopic (exact) mass is 230 g/mol. The molecule has 0 saturated heterocycles. The number of nitrogens with one attached hydrogen (secondary N) is 1. The van der Waals surface area contributed by atoms with Gasteiger partial charge in [0.1, 0.15) is 5.69 Å². The maximum Gasteiger partial charge on any atom is 0.354 e. The maximum absolute atomic E-state index is 11.8. The first kappa shape index (κ1) is 11.1. The van der Waals surface area contributed by atoms with Gasteiger partial charge in [0, 0.05) is 18.0 Å². The van der Waals surface area contributed by atoms with E-state index in [1.807, 2.05) is 0 Å². The molecular weight excluding hydrogens is 220 g/mol. The molecule has 2 aromatic rings. The quantitative estimate of drug-likeness (QED) is 0.787. The Balaban J connectivity index is 2.46. The largest absolute Gasteiger partial charge is 0.464 e. The first-order valence-corrected chi connectivity index (χ1v) is 4.94. The molecule has 86 valence electrons. The van der Waals surface area contributed by atoms with Crippen LogP contribution >= 0.6 is 0 Å². The standard InChI is InChI=1S/C12H10N2O3/c1-17-12(16)10-3-2-9(11(15)14-10)8-4-6-13-7-5-8/h2-7H,1H3,(H,14,15). The highest BCUT2D eigenvalue weighted by molar-refractivity contribution is 5.87. The Bertz CT molecular complexity index is 590. The number of nitrogens with zero attached hydrogens (tertiary/aromatic N) is 1. The molecule has 0 saturated carbocycles. The minimum Gasteiger partial charge on any atom is -0.464 e. The first-order valence-electron chi connectivity index (χ1n) is 4.94. The van der Waals surface area contributed by atoms with Crippen LogP contribution in [0, 0.1) is 0 Å². The molecule has 0 aromatic carbocycles. The zero-order valence-corrected chi connectivity index (χ0v) is 9.14. The zero-order chi connectivity index (χ0) is 12.3. The van der Waals surface area contributed by atoms with Gasteiger partial charge in [0.05, 0.1) is 7.11 Å². The molecule has 5 nitrogen and oxygen atoms in total. The lowest BCUT2D eigenvalue weighted by molar-refractivity contribution is 0.0594. The van der Waals surface area contributed by atoms with Gasteiger partial charge in [-0.25, -0.2) is 4.79 Å². The van der Waals surface area contributed by atoms with Crippen molar-refractivity contribution in [1.29, 1.82) is 0 Å². The van der Waals surface area contributed by atoms with E-state index in [2.05, 4.69) is 14.7 Å². The minimum atomic E-state index is -0.566. The number of methoxy groups -OCH3 is 1. The smallest absolute Gasteiger partial charge is 0.354 e. The highest BCUT2D eigenvalue weighted by Crippen LogP contribution is 2.13.